The van der Waals surface area contributed by atoms with E-state index in [0.717, 1.165) is 0 Å². The molecule has 14 heavy (non-hydrogen) atoms. The Labute approximate surface area is 84.8 Å². The SMILES string of the molecule is C=C(C)C(=O)OCCCOCCOC. The van der Waals surface area contributed by atoms with Crippen molar-refractivity contribution >= 4 is 5.97 Å². The van der Waals surface area contributed by atoms with Crippen LogP contribution in [0, 0.1) is 0 Å². The lowest BCUT2D eigenvalue weighted by molar-refractivity contribution is -0.139. The van der Waals surface area contributed by atoms with Crippen molar-refractivity contribution in [3.05, 3.63) is 12.2 Å². The van der Waals surface area contributed by atoms with Crippen molar-refractivity contribution in [2.24, 2.45) is 0 Å². The Kier molecular flexibility index (Phi) is 8.17. The van der Waals surface area contributed by atoms with Crippen LogP contribution < -0.4 is 0 Å². The van der Waals surface area contributed by atoms with E-state index < -0.39 is 0 Å². The second kappa shape index (κ2) is 8.72. The zero-order valence-corrected chi connectivity index (χ0v) is 8.88. The molecule has 0 aromatic rings. The van der Waals surface area contributed by atoms with Gasteiger partial charge in [0.05, 0.1) is 19.8 Å². The van der Waals surface area contributed by atoms with Crippen molar-refractivity contribution in [3.63, 3.8) is 0 Å². The third kappa shape index (κ3) is 7.76. The molecule has 0 saturated carbocycles. The van der Waals surface area contributed by atoms with E-state index in [1.165, 1.54) is 0 Å². The minimum Gasteiger partial charge on any atom is -0.462 e. The quantitative estimate of drug-likeness (QED) is 0.336. The average Bonchev–Trinajstić information content (AvgIpc) is 2.16. The third-order valence-corrected chi connectivity index (χ3v) is 1.45. The minimum atomic E-state index is -0.345. The number of methoxy groups -OCH3 is 1. The third-order valence-electron chi connectivity index (χ3n) is 1.45. The maximum atomic E-state index is 10.9. The molecule has 0 aromatic carbocycles. The Balaban J connectivity index is 3.13. The number of hydrogen-bond donors (Lipinski definition) is 0. The van der Waals surface area contributed by atoms with Crippen LogP contribution in [-0.4, -0.2) is 39.5 Å². The number of esters is 1. The minimum absolute atomic E-state index is 0.345. The molecule has 0 atom stereocenters. The Morgan fingerprint density at radius 1 is 1.21 bits per heavy atom. The Bertz CT molecular complexity index is 177. The fraction of sp³-hybridized carbons (Fsp3) is 0.700. The largest absolute Gasteiger partial charge is 0.462 e. The van der Waals surface area contributed by atoms with Gasteiger partial charge in [0.1, 0.15) is 0 Å². The van der Waals surface area contributed by atoms with Crippen molar-refractivity contribution in [2.75, 3.05) is 33.5 Å². The summed E-state index contributed by atoms with van der Waals surface area (Å²) in [6, 6.07) is 0. The molecule has 0 rings (SSSR count). The zero-order valence-electron chi connectivity index (χ0n) is 8.88. The molecule has 82 valence electrons. The first-order valence-corrected chi connectivity index (χ1v) is 4.57. The summed E-state index contributed by atoms with van der Waals surface area (Å²) in [5.41, 5.74) is 0.422. The molecule has 0 heterocycles. The van der Waals surface area contributed by atoms with Crippen LogP contribution in [0.15, 0.2) is 12.2 Å². The number of rotatable bonds is 8. The van der Waals surface area contributed by atoms with Gasteiger partial charge in [0, 0.05) is 25.7 Å². The summed E-state index contributed by atoms with van der Waals surface area (Å²) in [7, 11) is 1.62. The van der Waals surface area contributed by atoms with E-state index in [-0.39, 0.29) is 5.97 Å². The van der Waals surface area contributed by atoms with Gasteiger partial charge < -0.3 is 14.2 Å². The Morgan fingerprint density at radius 3 is 2.50 bits per heavy atom. The second-order valence-corrected chi connectivity index (χ2v) is 2.87. The van der Waals surface area contributed by atoms with Gasteiger partial charge in [-0.1, -0.05) is 6.58 Å². The average molecular weight is 202 g/mol. The molecule has 0 fully saturated rings. The normalized spacial score (nSPS) is 9.86. The van der Waals surface area contributed by atoms with Crippen molar-refractivity contribution in [1.29, 1.82) is 0 Å². The molecule has 0 aliphatic carbocycles. The monoisotopic (exact) mass is 202 g/mol. The van der Waals surface area contributed by atoms with Gasteiger partial charge in [0.25, 0.3) is 0 Å². The number of carbonyl (C=O) groups excluding carboxylic acids is 1. The van der Waals surface area contributed by atoms with Gasteiger partial charge in [-0.05, 0) is 6.92 Å². The van der Waals surface area contributed by atoms with Crippen LogP contribution >= 0.6 is 0 Å². The van der Waals surface area contributed by atoms with Gasteiger partial charge in [-0.3, -0.25) is 0 Å². The molecular formula is C10H18O4. The van der Waals surface area contributed by atoms with Gasteiger partial charge in [0.15, 0.2) is 0 Å². The Morgan fingerprint density at radius 2 is 1.93 bits per heavy atom. The lowest BCUT2D eigenvalue weighted by atomic mass is 10.4. The number of hydrogen-bond acceptors (Lipinski definition) is 4. The zero-order chi connectivity index (χ0) is 10.8. The van der Waals surface area contributed by atoms with Gasteiger partial charge in [0.2, 0.25) is 0 Å². The van der Waals surface area contributed by atoms with Crippen LogP contribution in [-0.2, 0) is 19.0 Å². The van der Waals surface area contributed by atoms with E-state index >= 15 is 0 Å². The molecule has 0 radical (unpaired) electrons. The van der Waals surface area contributed by atoms with E-state index in [1.807, 2.05) is 0 Å². The standard InChI is InChI=1S/C10H18O4/c1-9(2)10(11)14-6-4-5-13-8-7-12-3/h1,4-8H2,2-3H3. The summed E-state index contributed by atoms with van der Waals surface area (Å²) in [6.07, 6.45) is 0.697. The molecule has 0 spiro atoms. The lowest BCUT2D eigenvalue weighted by Gasteiger charge is -2.05. The fourth-order valence-corrected chi connectivity index (χ4v) is 0.693. The molecular weight excluding hydrogens is 184 g/mol. The number of carbonyl (C=O) groups is 1. The van der Waals surface area contributed by atoms with Gasteiger partial charge in [-0.2, -0.15) is 0 Å². The maximum Gasteiger partial charge on any atom is 0.333 e. The van der Waals surface area contributed by atoms with Crippen LogP contribution in [0.1, 0.15) is 13.3 Å². The topological polar surface area (TPSA) is 44.8 Å². The number of ether oxygens (including phenoxy) is 3. The highest BCUT2D eigenvalue weighted by Crippen LogP contribution is 1.93. The van der Waals surface area contributed by atoms with Crippen LogP contribution in [0.3, 0.4) is 0 Å². The Hall–Kier alpha value is -0.870. The molecule has 0 aliphatic rings. The first kappa shape index (κ1) is 13.1. The molecule has 0 amide bonds. The molecule has 0 N–H and O–H groups in total. The van der Waals surface area contributed by atoms with Crippen LogP contribution in [0.4, 0.5) is 0 Å². The summed E-state index contributed by atoms with van der Waals surface area (Å²) in [6.45, 7) is 7.21. The van der Waals surface area contributed by atoms with E-state index in [4.69, 9.17) is 14.2 Å². The summed E-state index contributed by atoms with van der Waals surface area (Å²) in [5, 5.41) is 0. The first-order chi connectivity index (χ1) is 6.68. The molecule has 0 aliphatic heterocycles. The molecule has 0 bridgehead atoms. The highest BCUT2D eigenvalue weighted by atomic mass is 16.5. The molecule has 4 nitrogen and oxygen atoms in total. The molecule has 0 saturated heterocycles. The van der Waals surface area contributed by atoms with Gasteiger partial charge in [-0.25, -0.2) is 4.79 Å². The van der Waals surface area contributed by atoms with E-state index in [1.54, 1.807) is 14.0 Å². The summed E-state index contributed by atoms with van der Waals surface area (Å²) >= 11 is 0. The van der Waals surface area contributed by atoms with E-state index in [9.17, 15) is 4.79 Å². The van der Waals surface area contributed by atoms with Crippen LogP contribution in [0.5, 0.6) is 0 Å². The highest BCUT2D eigenvalue weighted by molar-refractivity contribution is 5.86. The van der Waals surface area contributed by atoms with Crippen molar-refractivity contribution < 1.29 is 19.0 Å². The smallest absolute Gasteiger partial charge is 0.333 e. The van der Waals surface area contributed by atoms with Crippen molar-refractivity contribution in [2.45, 2.75) is 13.3 Å². The predicted molar refractivity (Wildman–Crippen MR) is 53.1 cm³/mol. The summed E-state index contributed by atoms with van der Waals surface area (Å²) in [4.78, 5) is 10.9. The molecule has 0 unspecified atom stereocenters. The van der Waals surface area contributed by atoms with Crippen molar-refractivity contribution in [3.8, 4) is 0 Å². The van der Waals surface area contributed by atoms with Crippen LogP contribution in [0.25, 0.3) is 0 Å². The van der Waals surface area contributed by atoms with Crippen LogP contribution in [0.2, 0.25) is 0 Å². The van der Waals surface area contributed by atoms with Gasteiger partial charge >= 0.3 is 5.97 Å². The van der Waals surface area contributed by atoms with Gasteiger partial charge in [-0.15, -0.1) is 0 Å². The lowest BCUT2D eigenvalue weighted by Crippen LogP contribution is -2.09. The van der Waals surface area contributed by atoms with E-state index in [0.29, 0.717) is 38.4 Å². The predicted octanol–water partition coefficient (Wildman–Crippen LogP) is 1.16. The fourth-order valence-electron chi connectivity index (χ4n) is 0.693. The van der Waals surface area contributed by atoms with Crippen molar-refractivity contribution in [1.82, 2.24) is 0 Å². The second-order valence-electron chi connectivity index (χ2n) is 2.87. The maximum absolute atomic E-state index is 10.9. The molecule has 4 heteroatoms. The summed E-state index contributed by atoms with van der Waals surface area (Å²) < 4.78 is 14.8. The molecule has 0 aromatic heterocycles. The highest BCUT2D eigenvalue weighted by Gasteiger charge is 2.01. The summed E-state index contributed by atoms with van der Waals surface area (Å²) in [5.74, 6) is -0.345. The first-order valence-electron chi connectivity index (χ1n) is 4.57. The van der Waals surface area contributed by atoms with E-state index in [2.05, 4.69) is 6.58 Å².